The zero-order chi connectivity index (χ0) is 14.2. The van der Waals surface area contributed by atoms with Crippen LogP contribution >= 0.6 is 15.9 Å². The third-order valence-corrected chi connectivity index (χ3v) is 5.53. The van der Waals surface area contributed by atoms with E-state index >= 15 is 0 Å². The van der Waals surface area contributed by atoms with E-state index in [2.05, 4.69) is 15.9 Å². The Balaban J connectivity index is 2.40. The molecule has 1 fully saturated rings. The van der Waals surface area contributed by atoms with Gasteiger partial charge in [-0.25, -0.2) is 12.8 Å². The first-order valence-corrected chi connectivity index (χ1v) is 7.98. The summed E-state index contributed by atoms with van der Waals surface area (Å²) >= 11 is 2.94. The molecular formula is C11H14BrFN2O3S. The van der Waals surface area contributed by atoms with E-state index in [1.54, 1.807) is 0 Å². The molecule has 8 heteroatoms. The van der Waals surface area contributed by atoms with E-state index in [4.69, 9.17) is 5.73 Å². The molecule has 5 nitrogen and oxygen atoms in total. The highest BCUT2D eigenvalue weighted by atomic mass is 79.9. The fourth-order valence-corrected chi connectivity index (χ4v) is 4.19. The van der Waals surface area contributed by atoms with Gasteiger partial charge < -0.3 is 10.8 Å². The molecule has 1 aliphatic rings. The molecule has 0 unspecified atom stereocenters. The SMILES string of the molecule is Nc1cc(Br)c(F)c(S(=O)(=O)N2CCC(O)CC2)c1. The van der Waals surface area contributed by atoms with Crippen LogP contribution in [0.5, 0.6) is 0 Å². The summed E-state index contributed by atoms with van der Waals surface area (Å²) in [5, 5.41) is 9.38. The number of anilines is 1. The number of hydrogen-bond acceptors (Lipinski definition) is 4. The number of sulfonamides is 1. The van der Waals surface area contributed by atoms with Crippen LogP contribution in [-0.4, -0.2) is 37.0 Å². The molecule has 1 aromatic rings. The van der Waals surface area contributed by atoms with Crippen molar-refractivity contribution in [3.63, 3.8) is 0 Å². The second-order valence-electron chi connectivity index (χ2n) is 4.45. The van der Waals surface area contributed by atoms with Gasteiger partial charge in [0.1, 0.15) is 4.90 Å². The van der Waals surface area contributed by atoms with Crippen molar-refractivity contribution in [2.45, 2.75) is 23.8 Å². The van der Waals surface area contributed by atoms with Crippen LogP contribution in [0.25, 0.3) is 0 Å². The van der Waals surface area contributed by atoms with Crippen LogP contribution in [-0.2, 0) is 10.0 Å². The molecule has 3 N–H and O–H groups in total. The predicted molar refractivity (Wildman–Crippen MR) is 72.5 cm³/mol. The Morgan fingerprint density at radius 3 is 2.53 bits per heavy atom. The van der Waals surface area contributed by atoms with E-state index in [0.29, 0.717) is 12.8 Å². The molecule has 0 saturated carbocycles. The fraction of sp³-hybridized carbons (Fsp3) is 0.455. The van der Waals surface area contributed by atoms with Crippen LogP contribution in [0.15, 0.2) is 21.5 Å². The van der Waals surface area contributed by atoms with E-state index in [0.717, 1.165) is 6.07 Å². The number of nitrogen functional groups attached to an aromatic ring is 1. The number of piperidine rings is 1. The van der Waals surface area contributed by atoms with Crippen molar-refractivity contribution in [2.75, 3.05) is 18.8 Å². The molecule has 1 aromatic carbocycles. The minimum Gasteiger partial charge on any atom is -0.399 e. The Morgan fingerprint density at radius 2 is 1.95 bits per heavy atom. The van der Waals surface area contributed by atoms with Crippen molar-refractivity contribution >= 4 is 31.6 Å². The van der Waals surface area contributed by atoms with E-state index in [-0.39, 0.29) is 23.2 Å². The molecule has 0 bridgehead atoms. The third kappa shape index (κ3) is 2.91. The molecule has 1 saturated heterocycles. The lowest BCUT2D eigenvalue weighted by Crippen LogP contribution is -2.40. The van der Waals surface area contributed by atoms with Crippen molar-refractivity contribution in [3.8, 4) is 0 Å². The first-order valence-electron chi connectivity index (χ1n) is 5.75. The maximum atomic E-state index is 14.0. The number of rotatable bonds is 2. The summed E-state index contributed by atoms with van der Waals surface area (Å²) in [6.45, 7) is 0.352. The minimum absolute atomic E-state index is 0.0168. The fourth-order valence-electron chi connectivity index (χ4n) is 1.99. The molecule has 106 valence electrons. The molecule has 0 amide bonds. The third-order valence-electron chi connectivity index (χ3n) is 3.06. The van der Waals surface area contributed by atoms with Gasteiger partial charge in [-0.15, -0.1) is 0 Å². The number of nitrogens with zero attached hydrogens (tertiary/aromatic N) is 1. The smallest absolute Gasteiger partial charge is 0.246 e. The summed E-state index contributed by atoms with van der Waals surface area (Å²) in [5.41, 5.74) is 5.73. The summed E-state index contributed by atoms with van der Waals surface area (Å²) in [7, 11) is -3.92. The Morgan fingerprint density at radius 1 is 1.37 bits per heavy atom. The first-order chi connectivity index (χ1) is 8.82. The predicted octanol–water partition coefficient (Wildman–Crippen LogP) is 1.32. The number of aliphatic hydroxyl groups is 1. The molecule has 0 atom stereocenters. The van der Waals surface area contributed by atoms with Gasteiger partial charge in [0.2, 0.25) is 10.0 Å². The zero-order valence-electron chi connectivity index (χ0n) is 10.0. The summed E-state index contributed by atoms with van der Waals surface area (Å²) in [6, 6.07) is 2.43. The molecule has 0 radical (unpaired) electrons. The Bertz CT molecular complexity index is 586. The van der Waals surface area contributed by atoms with Gasteiger partial charge in [-0.3, -0.25) is 0 Å². The normalized spacial score (nSPS) is 18.7. The summed E-state index contributed by atoms with van der Waals surface area (Å²) in [6.07, 6.45) is 0.207. The Labute approximate surface area is 119 Å². The topological polar surface area (TPSA) is 83.6 Å². The maximum absolute atomic E-state index is 14.0. The van der Waals surface area contributed by atoms with Crippen LogP contribution in [0.3, 0.4) is 0 Å². The molecule has 19 heavy (non-hydrogen) atoms. The first kappa shape index (κ1) is 14.7. The highest BCUT2D eigenvalue weighted by molar-refractivity contribution is 9.10. The van der Waals surface area contributed by atoms with Gasteiger partial charge >= 0.3 is 0 Å². The maximum Gasteiger partial charge on any atom is 0.246 e. The van der Waals surface area contributed by atoms with Gasteiger partial charge in [-0.1, -0.05) is 0 Å². The van der Waals surface area contributed by atoms with Gasteiger partial charge in [0.25, 0.3) is 0 Å². The molecule has 1 aliphatic heterocycles. The standard InChI is InChI=1S/C11H14BrFN2O3S/c12-9-5-7(14)6-10(11(9)13)19(17,18)15-3-1-8(16)2-4-15/h5-6,8,16H,1-4,14H2. The van der Waals surface area contributed by atoms with E-state index in [1.807, 2.05) is 0 Å². The lowest BCUT2D eigenvalue weighted by atomic mass is 10.1. The molecule has 0 spiro atoms. The Kier molecular flexibility index (Phi) is 4.14. The van der Waals surface area contributed by atoms with Crippen molar-refractivity contribution in [1.82, 2.24) is 4.31 Å². The highest BCUT2D eigenvalue weighted by Crippen LogP contribution is 2.29. The van der Waals surface area contributed by atoms with Gasteiger partial charge in [-0.05, 0) is 40.9 Å². The van der Waals surface area contributed by atoms with Gasteiger partial charge in [0, 0.05) is 18.8 Å². The number of halogens is 2. The van der Waals surface area contributed by atoms with Gasteiger partial charge in [-0.2, -0.15) is 4.31 Å². The van der Waals surface area contributed by atoms with Gasteiger partial charge in [0.15, 0.2) is 5.82 Å². The largest absolute Gasteiger partial charge is 0.399 e. The zero-order valence-corrected chi connectivity index (χ0v) is 12.4. The number of aliphatic hydroxyl groups excluding tert-OH is 1. The van der Waals surface area contributed by atoms with E-state index in [9.17, 15) is 17.9 Å². The molecule has 0 aliphatic carbocycles. The molecule has 0 aromatic heterocycles. The van der Waals surface area contributed by atoms with Crippen LogP contribution in [0, 0.1) is 5.82 Å². The van der Waals surface area contributed by atoms with Crippen LogP contribution in [0.4, 0.5) is 10.1 Å². The van der Waals surface area contributed by atoms with E-state index < -0.39 is 26.8 Å². The average Bonchev–Trinajstić information content (AvgIpc) is 2.34. The van der Waals surface area contributed by atoms with E-state index in [1.165, 1.54) is 10.4 Å². The summed E-state index contributed by atoms with van der Waals surface area (Å²) in [5.74, 6) is -0.847. The number of nitrogens with two attached hydrogens (primary N) is 1. The van der Waals surface area contributed by atoms with Crippen molar-refractivity contribution in [3.05, 3.63) is 22.4 Å². The number of hydrogen-bond donors (Lipinski definition) is 2. The molecule has 1 heterocycles. The molecular weight excluding hydrogens is 339 g/mol. The highest BCUT2D eigenvalue weighted by Gasteiger charge is 2.31. The second kappa shape index (κ2) is 5.35. The van der Waals surface area contributed by atoms with Crippen molar-refractivity contribution < 1.29 is 17.9 Å². The van der Waals surface area contributed by atoms with Crippen LogP contribution < -0.4 is 5.73 Å². The lowest BCUT2D eigenvalue weighted by Gasteiger charge is -2.29. The van der Waals surface area contributed by atoms with Crippen LogP contribution in [0.1, 0.15) is 12.8 Å². The van der Waals surface area contributed by atoms with Crippen LogP contribution in [0.2, 0.25) is 0 Å². The average molecular weight is 353 g/mol. The minimum atomic E-state index is -3.92. The monoisotopic (exact) mass is 352 g/mol. The number of benzene rings is 1. The van der Waals surface area contributed by atoms with Crippen molar-refractivity contribution in [2.24, 2.45) is 0 Å². The second-order valence-corrected chi connectivity index (χ2v) is 7.21. The lowest BCUT2D eigenvalue weighted by molar-refractivity contribution is 0.113. The summed E-state index contributed by atoms with van der Waals surface area (Å²) < 4.78 is 39.8. The Hall–Kier alpha value is -0.700. The molecule has 2 rings (SSSR count). The summed E-state index contributed by atoms with van der Waals surface area (Å²) in [4.78, 5) is -0.434. The van der Waals surface area contributed by atoms with Crippen molar-refractivity contribution in [1.29, 1.82) is 0 Å². The quantitative estimate of drug-likeness (QED) is 0.786. The van der Waals surface area contributed by atoms with Gasteiger partial charge in [0.05, 0.1) is 10.6 Å².